The van der Waals surface area contributed by atoms with Crippen LogP contribution in [-0.2, 0) is 4.79 Å². The predicted molar refractivity (Wildman–Crippen MR) is 64.0 cm³/mol. The third-order valence-corrected chi connectivity index (χ3v) is 3.22. The monoisotopic (exact) mass is 218 g/mol. The van der Waals surface area contributed by atoms with E-state index in [-0.39, 0.29) is 18.0 Å². The Labute approximate surface area is 96.0 Å². The number of amides is 1. The second-order valence-corrected chi connectivity index (χ2v) is 4.61. The van der Waals surface area contributed by atoms with Crippen LogP contribution in [0, 0.1) is 13.8 Å². The van der Waals surface area contributed by atoms with Crippen molar-refractivity contribution in [2.24, 2.45) is 5.73 Å². The number of aryl methyl sites for hydroxylation is 2. The average molecular weight is 218 g/mol. The van der Waals surface area contributed by atoms with Gasteiger partial charge in [-0.3, -0.25) is 4.79 Å². The van der Waals surface area contributed by atoms with Gasteiger partial charge in [0.15, 0.2) is 0 Å². The van der Waals surface area contributed by atoms with Gasteiger partial charge in [-0.1, -0.05) is 23.8 Å². The number of carbonyl (C=O) groups is 1. The normalized spacial score (nSPS) is 25.3. The largest absolute Gasteiger partial charge is 0.348 e. The second kappa shape index (κ2) is 4.26. The summed E-state index contributed by atoms with van der Waals surface area (Å²) in [6.07, 6.45) is 1.31. The Morgan fingerprint density at radius 1 is 1.38 bits per heavy atom. The molecule has 2 unspecified atom stereocenters. The van der Waals surface area contributed by atoms with Crippen molar-refractivity contribution in [3.8, 4) is 0 Å². The van der Waals surface area contributed by atoms with E-state index >= 15 is 0 Å². The van der Waals surface area contributed by atoms with Crippen LogP contribution in [0.2, 0.25) is 0 Å². The van der Waals surface area contributed by atoms with Crippen molar-refractivity contribution in [2.75, 3.05) is 0 Å². The molecule has 3 heteroatoms. The molecule has 1 aliphatic heterocycles. The van der Waals surface area contributed by atoms with Crippen molar-refractivity contribution in [1.29, 1.82) is 0 Å². The Morgan fingerprint density at radius 2 is 2.12 bits per heavy atom. The van der Waals surface area contributed by atoms with Crippen LogP contribution in [0.15, 0.2) is 18.2 Å². The molecule has 1 heterocycles. The summed E-state index contributed by atoms with van der Waals surface area (Å²) in [5, 5.41) is 2.99. The van der Waals surface area contributed by atoms with Crippen molar-refractivity contribution in [3.05, 3.63) is 34.9 Å². The summed E-state index contributed by atoms with van der Waals surface area (Å²) in [5.74, 6) is 0.104. The molecule has 1 fully saturated rings. The van der Waals surface area contributed by atoms with Crippen LogP contribution >= 0.6 is 0 Å². The molecular formula is C13H18N2O. The highest BCUT2D eigenvalue weighted by Crippen LogP contribution is 2.26. The molecule has 1 aliphatic rings. The van der Waals surface area contributed by atoms with Crippen LogP contribution in [0.4, 0.5) is 0 Å². The molecule has 0 spiro atoms. The van der Waals surface area contributed by atoms with E-state index in [9.17, 15) is 4.79 Å². The number of hydrogen-bond acceptors (Lipinski definition) is 2. The molecule has 2 atom stereocenters. The molecule has 16 heavy (non-hydrogen) atoms. The molecule has 2 rings (SSSR count). The van der Waals surface area contributed by atoms with Crippen molar-refractivity contribution in [1.82, 2.24) is 5.32 Å². The summed E-state index contributed by atoms with van der Waals surface area (Å²) in [6.45, 7) is 4.11. The number of carbonyl (C=O) groups excluding carboxylic acids is 1. The Morgan fingerprint density at radius 3 is 2.88 bits per heavy atom. The van der Waals surface area contributed by atoms with Gasteiger partial charge >= 0.3 is 0 Å². The molecule has 3 N–H and O–H groups in total. The predicted octanol–water partition coefficient (Wildman–Crippen LogP) is 1.58. The molecule has 1 aromatic rings. The lowest BCUT2D eigenvalue weighted by Gasteiger charge is -2.31. The molecular weight excluding hydrogens is 200 g/mol. The fraction of sp³-hybridized carbons (Fsp3) is 0.462. The van der Waals surface area contributed by atoms with Gasteiger partial charge in [0.2, 0.25) is 5.91 Å². The van der Waals surface area contributed by atoms with Crippen LogP contribution < -0.4 is 11.1 Å². The van der Waals surface area contributed by atoms with E-state index in [4.69, 9.17) is 5.73 Å². The SMILES string of the molecule is Cc1ccc(C)c(C2NC(=O)CCC2N)c1. The maximum atomic E-state index is 11.4. The molecule has 1 amide bonds. The third kappa shape index (κ3) is 2.09. The summed E-state index contributed by atoms with van der Waals surface area (Å²) >= 11 is 0. The topological polar surface area (TPSA) is 55.1 Å². The molecule has 3 nitrogen and oxygen atoms in total. The molecule has 0 aromatic heterocycles. The summed E-state index contributed by atoms with van der Waals surface area (Å²) in [4.78, 5) is 11.4. The van der Waals surface area contributed by atoms with E-state index < -0.39 is 0 Å². The zero-order valence-electron chi connectivity index (χ0n) is 9.79. The zero-order chi connectivity index (χ0) is 11.7. The number of nitrogens with one attached hydrogen (secondary N) is 1. The second-order valence-electron chi connectivity index (χ2n) is 4.61. The number of hydrogen-bond donors (Lipinski definition) is 2. The van der Waals surface area contributed by atoms with Crippen LogP contribution in [-0.4, -0.2) is 11.9 Å². The van der Waals surface area contributed by atoms with E-state index in [1.807, 2.05) is 0 Å². The molecule has 1 saturated heterocycles. The highest BCUT2D eigenvalue weighted by Gasteiger charge is 2.27. The van der Waals surface area contributed by atoms with E-state index in [0.717, 1.165) is 12.0 Å². The van der Waals surface area contributed by atoms with Crippen molar-refractivity contribution in [2.45, 2.75) is 38.8 Å². The van der Waals surface area contributed by atoms with Gasteiger partial charge in [-0.15, -0.1) is 0 Å². The molecule has 0 saturated carbocycles. The Balaban J connectivity index is 2.34. The quantitative estimate of drug-likeness (QED) is 0.752. The standard InChI is InChI=1S/C13H18N2O/c1-8-3-4-9(2)10(7-8)13-11(14)5-6-12(16)15-13/h3-4,7,11,13H,5-6,14H2,1-2H3,(H,15,16). The minimum atomic E-state index is -0.0267. The highest BCUT2D eigenvalue weighted by atomic mass is 16.1. The van der Waals surface area contributed by atoms with Gasteiger partial charge in [-0.25, -0.2) is 0 Å². The Bertz CT molecular complexity index is 414. The maximum absolute atomic E-state index is 11.4. The summed E-state index contributed by atoms with van der Waals surface area (Å²) < 4.78 is 0. The van der Waals surface area contributed by atoms with Crippen LogP contribution in [0.5, 0.6) is 0 Å². The van der Waals surface area contributed by atoms with Crippen LogP contribution in [0.3, 0.4) is 0 Å². The fourth-order valence-electron chi connectivity index (χ4n) is 2.22. The van der Waals surface area contributed by atoms with E-state index in [2.05, 4.69) is 37.4 Å². The lowest BCUT2D eigenvalue weighted by atomic mass is 9.89. The lowest BCUT2D eigenvalue weighted by Crippen LogP contribution is -2.46. The Kier molecular flexibility index (Phi) is 2.97. The third-order valence-electron chi connectivity index (χ3n) is 3.22. The summed E-state index contributed by atoms with van der Waals surface area (Å²) in [5.41, 5.74) is 9.62. The molecule has 1 aromatic carbocycles. The molecule has 0 bridgehead atoms. The molecule has 0 radical (unpaired) electrons. The lowest BCUT2D eigenvalue weighted by molar-refractivity contribution is -0.123. The summed E-state index contributed by atoms with van der Waals surface area (Å²) in [7, 11) is 0. The minimum Gasteiger partial charge on any atom is -0.348 e. The molecule has 86 valence electrons. The zero-order valence-corrected chi connectivity index (χ0v) is 9.79. The van der Waals surface area contributed by atoms with Crippen molar-refractivity contribution < 1.29 is 4.79 Å². The fourth-order valence-corrected chi connectivity index (χ4v) is 2.22. The first-order chi connectivity index (χ1) is 7.58. The van der Waals surface area contributed by atoms with E-state index in [0.29, 0.717) is 6.42 Å². The van der Waals surface area contributed by atoms with Gasteiger partial charge < -0.3 is 11.1 Å². The smallest absolute Gasteiger partial charge is 0.220 e. The molecule has 0 aliphatic carbocycles. The Hall–Kier alpha value is -1.35. The van der Waals surface area contributed by atoms with E-state index in [1.165, 1.54) is 11.1 Å². The first kappa shape index (κ1) is 11.1. The van der Waals surface area contributed by atoms with Crippen LogP contribution in [0.1, 0.15) is 35.6 Å². The number of rotatable bonds is 1. The average Bonchev–Trinajstić information content (AvgIpc) is 2.25. The van der Waals surface area contributed by atoms with Crippen LogP contribution in [0.25, 0.3) is 0 Å². The van der Waals surface area contributed by atoms with Crippen molar-refractivity contribution in [3.63, 3.8) is 0 Å². The number of nitrogens with two attached hydrogens (primary N) is 1. The van der Waals surface area contributed by atoms with Gasteiger partial charge in [0.05, 0.1) is 6.04 Å². The van der Waals surface area contributed by atoms with Gasteiger partial charge in [-0.05, 0) is 31.4 Å². The number of benzene rings is 1. The van der Waals surface area contributed by atoms with Crippen molar-refractivity contribution >= 4 is 5.91 Å². The first-order valence-corrected chi connectivity index (χ1v) is 5.70. The minimum absolute atomic E-state index is 0.0261. The number of piperidine rings is 1. The highest BCUT2D eigenvalue weighted by molar-refractivity contribution is 5.77. The summed E-state index contributed by atoms with van der Waals surface area (Å²) in [6, 6.07) is 6.28. The van der Waals surface area contributed by atoms with E-state index in [1.54, 1.807) is 0 Å². The van der Waals surface area contributed by atoms with Gasteiger partial charge in [0.25, 0.3) is 0 Å². The maximum Gasteiger partial charge on any atom is 0.220 e. The van der Waals surface area contributed by atoms with Gasteiger partial charge in [-0.2, -0.15) is 0 Å². The van der Waals surface area contributed by atoms with Gasteiger partial charge in [0, 0.05) is 12.5 Å². The first-order valence-electron chi connectivity index (χ1n) is 5.70. The van der Waals surface area contributed by atoms with Gasteiger partial charge in [0.1, 0.15) is 0 Å².